The molecule has 12 nitrogen and oxygen atoms in total. The highest BCUT2D eigenvalue weighted by atomic mass is 35.5. The van der Waals surface area contributed by atoms with Crippen LogP contribution in [0.25, 0.3) is 21.9 Å². The SMILES string of the molecule is COc1cc(CNc2noc3cc(Cl)ccc23)c(OCc2ccccc2)cc1OC.COc1cc(CNc2noc3ccccc23)c(OCc2ccccc2)cc1OC. The number of ether oxygens (including phenoxy) is 6. The number of benzene rings is 6. The summed E-state index contributed by atoms with van der Waals surface area (Å²) in [5, 5.41) is 17.3. The van der Waals surface area contributed by atoms with Crippen molar-refractivity contribution in [3.63, 3.8) is 0 Å². The van der Waals surface area contributed by atoms with Gasteiger partial charge in [0.2, 0.25) is 0 Å². The molecule has 2 N–H and O–H groups in total. The van der Waals surface area contributed by atoms with Crippen LogP contribution in [0.2, 0.25) is 5.02 Å². The van der Waals surface area contributed by atoms with Crippen LogP contribution < -0.4 is 39.1 Å². The zero-order valence-electron chi connectivity index (χ0n) is 33.0. The summed E-state index contributed by atoms with van der Waals surface area (Å²) < 4.78 is 44.7. The highest BCUT2D eigenvalue weighted by Crippen LogP contribution is 2.37. The minimum Gasteiger partial charge on any atom is -0.493 e. The molecule has 302 valence electrons. The Labute approximate surface area is 346 Å². The first kappa shape index (κ1) is 40.2. The van der Waals surface area contributed by atoms with Gasteiger partial charge in [0.25, 0.3) is 0 Å². The first-order valence-electron chi connectivity index (χ1n) is 18.7. The fraction of sp³-hybridized carbons (Fsp3) is 0.174. The van der Waals surface area contributed by atoms with Gasteiger partial charge in [-0.05, 0) is 47.5 Å². The van der Waals surface area contributed by atoms with E-state index in [2.05, 4.69) is 20.9 Å². The maximum Gasteiger partial charge on any atom is 0.177 e. The van der Waals surface area contributed by atoms with E-state index in [1.165, 1.54) is 0 Å². The number of aromatic nitrogens is 2. The number of halogens is 1. The Hall–Kier alpha value is -7.05. The molecular weight excluding hydrogens is 772 g/mol. The second-order valence-electron chi connectivity index (χ2n) is 13.1. The molecule has 13 heteroatoms. The van der Waals surface area contributed by atoms with Gasteiger partial charge in [0.15, 0.2) is 45.8 Å². The van der Waals surface area contributed by atoms with E-state index in [0.29, 0.717) is 83.0 Å². The van der Waals surface area contributed by atoms with Gasteiger partial charge in [-0.15, -0.1) is 0 Å². The van der Waals surface area contributed by atoms with Gasteiger partial charge in [-0.3, -0.25) is 0 Å². The standard InChI is InChI=1S/C23H21ClN2O4.C23H22N2O4/c1-27-21-10-16(13-25-23-18-9-8-17(24)11-20(18)30-26-23)19(12-22(21)28-2)29-14-15-6-4-3-5-7-15;1-26-21-12-17(14-24-23-18-10-6-7-11-19(18)29-25-23)20(13-22(21)27-2)28-15-16-8-4-3-5-9-16/h3-12H,13-14H2,1-2H3,(H,25,26);3-13H,14-15H2,1-2H3,(H,24,25). The van der Waals surface area contributed by atoms with E-state index < -0.39 is 0 Å². The van der Waals surface area contributed by atoms with E-state index in [-0.39, 0.29) is 0 Å². The second kappa shape index (κ2) is 19.4. The molecule has 0 aliphatic heterocycles. The minimum atomic E-state index is 0.439. The molecular formula is C46H43ClN4O8. The summed E-state index contributed by atoms with van der Waals surface area (Å²) in [4.78, 5) is 0. The van der Waals surface area contributed by atoms with Gasteiger partial charge in [-0.25, -0.2) is 0 Å². The van der Waals surface area contributed by atoms with Crippen molar-refractivity contribution in [1.29, 1.82) is 0 Å². The van der Waals surface area contributed by atoms with Crippen molar-refractivity contribution in [2.75, 3.05) is 39.1 Å². The predicted molar refractivity (Wildman–Crippen MR) is 228 cm³/mol. The monoisotopic (exact) mass is 814 g/mol. The van der Waals surface area contributed by atoms with E-state index in [1.807, 2.05) is 115 Å². The Morgan fingerprint density at radius 3 is 1.42 bits per heavy atom. The normalized spacial score (nSPS) is 10.7. The number of nitrogens with zero attached hydrogens (tertiary/aromatic N) is 2. The Bertz CT molecular complexity index is 2600. The van der Waals surface area contributed by atoms with Crippen LogP contribution in [-0.4, -0.2) is 38.8 Å². The number of hydrogen-bond donors (Lipinski definition) is 2. The number of methoxy groups -OCH3 is 4. The lowest BCUT2D eigenvalue weighted by Crippen LogP contribution is -2.05. The van der Waals surface area contributed by atoms with Crippen molar-refractivity contribution < 1.29 is 37.5 Å². The molecule has 59 heavy (non-hydrogen) atoms. The van der Waals surface area contributed by atoms with Gasteiger partial charge in [0.1, 0.15) is 24.7 Å². The summed E-state index contributed by atoms with van der Waals surface area (Å²) in [5.41, 5.74) is 5.34. The lowest BCUT2D eigenvalue weighted by atomic mass is 10.1. The quantitative estimate of drug-likeness (QED) is 0.0962. The van der Waals surface area contributed by atoms with Gasteiger partial charge in [0.05, 0.1) is 39.2 Å². The molecule has 0 aliphatic rings. The van der Waals surface area contributed by atoms with Gasteiger partial charge in [-0.1, -0.05) is 94.7 Å². The minimum absolute atomic E-state index is 0.439. The van der Waals surface area contributed by atoms with Crippen molar-refractivity contribution in [1.82, 2.24) is 10.3 Å². The summed E-state index contributed by atoms with van der Waals surface area (Å²) in [6, 6.07) is 40.6. The van der Waals surface area contributed by atoms with Crippen molar-refractivity contribution in [3.05, 3.63) is 155 Å². The molecule has 0 radical (unpaired) electrons. The van der Waals surface area contributed by atoms with Crippen LogP contribution in [0, 0.1) is 0 Å². The fourth-order valence-corrected chi connectivity index (χ4v) is 6.39. The number of fused-ring (bicyclic) bond motifs is 2. The molecule has 0 unspecified atom stereocenters. The molecule has 0 saturated carbocycles. The van der Waals surface area contributed by atoms with Gasteiger partial charge in [-0.2, -0.15) is 0 Å². The molecule has 8 aromatic rings. The summed E-state index contributed by atoms with van der Waals surface area (Å²) in [6.07, 6.45) is 0. The van der Waals surface area contributed by atoms with Crippen molar-refractivity contribution in [3.8, 4) is 34.5 Å². The topological polar surface area (TPSA) is 132 Å². The number of rotatable bonds is 16. The largest absolute Gasteiger partial charge is 0.493 e. The first-order valence-corrected chi connectivity index (χ1v) is 19.0. The molecule has 0 saturated heterocycles. The molecule has 0 fully saturated rings. The Balaban J connectivity index is 0.000000179. The van der Waals surface area contributed by atoms with Crippen molar-refractivity contribution >= 4 is 45.2 Å². The van der Waals surface area contributed by atoms with E-state index >= 15 is 0 Å². The summed E-state index contributed by atoms with van der Waals surface area (Å²) in [6.45, 7) is 1.83. The average Bonchev–Trinajstić information content (AvgIpc) is 3.90. The molecule has 2 heterocycles. The Kier molecular flexibility index (Phi) is 13.2. The van der Waals surface area contributed by atoms with E-state index in [4.69, 9.17) is 49.1 Å². The highest BCUT2D eigenvalue weighted by molar-refractivity contribution is 6.31. The lowest BCUT2D eigenvalue weighted by Gasteiger charge is -2.16. The molecule has 0 amide bonds. The zero-order valence-corrected chi connectivity index (χ0v) is 33.7. The summed E-state index contributed by atoms with van der Waals surface area (Å²) in [5.74, 6) is 5.21. The van der Waals surface area contributed by atoms with E-state index in [0.717, 1.165) is 38.6 Å². The van der Waals surface area contributed by atoms with Crippen LogP contribution in [0.5, 0.6) is 34.5 Å². The Morgan fingerprint density at radius 2 is 0.915 bits per heavy atom. The smallest absolute Gasteiger partial charge is 0.177 e. The third kappa shape index (κ3) is 9.92. The summed E-state index contributed by atoms with van der Waals surface area (Å²) >= 11 is 6.02. The van der Waals surface area contributed by atoms with Crippen LogP contribution >= 0.6 is 11.6 Å². The molecule has 2 aromatic heterocycles. The third-order valence-corrected chi connectivity index (χ3v) is 9.55. The van der Waals surface area contributed by atoms with E-state index in [9.17, 15) is 0 Å². The summed E-state index contributed by atoms with van der Waals surface area (Å²) in [7, 11) is 6.43. The number of hydrogen-bond acceptors (Lipinski definition) is 12. The van der Waals surface area contributed by atoms with Crippen LogP contribution in [0.3, 0.4) is 0 Å². The van der Waals surface area contributed by atoms with Crippen molar-refractivity contribution in [2.24, 2.45) is 0 Å². The fourth-order valence-electron chi connectivity index (χ4n) is 6.23. The Morgan fingerprint density at radius 1 is 0.475 bits per heavy atom. The number of nitrogens with one attached hydrogen (secondary N) is 2. The number of anilines is 2. The molecule has 8 rings (SSSR count). The third-order valence-electron chi connectivity index (χ3n) is 9.31. The van der Waals surface area contributed by atoms with Crippen LogP contribution in [0.1, 0.15) is 22.3 Å². The van der Waals surface area contributed by atoms with Crippen LogP contribution in [0.15, 0.2) is 136 Å². The van der Waals surface area contributed by atoms with Gasteiger partial charge >= 0.3 is 0 Å². The second-order valence-corrected chi connectivity index (χ2v) is 13.5. The van der Waals surface area contributed by atoms with Crippen molar-refractivity contribution in [2.45, 2.75) is 26.3 Å². The maximum absolute atomic E-state index is 6.10. The first-order chi connectivity index (χ1) is 29.0. The van der Waals surface area contributed by atoms with Gasteiger partial charge < -0.3 is 48.1 Å². The zero-order chi connectivity index (χ0) is 41.0. The highest BCUT2D eigenvalue weighted by Gasteiger charge is 2.17. The van der Waals surface area contributed by atoms with Crippen LogP contribution in [-0.2, 0) is 26.3 Å². The van der Waals surface area contributed by atoms with Gasteiger partial charge in [0, 0.05) is 47.4 Å². The molecule has 0 spiro atoms. The molecule has 6 aromatic carbocycles. The predicted octanol–water partition coefficient (Wildman–Crippen LogP) is 10.7. The average molecular weight is 815 g/mol. The lowest BCUT2D eigenvalue weighted by molar-refractivity contribution is 0.297. The van der Waals surface area contributed by atoms with E-state index in [1.54, 1.807) is 40.6 Å². The molecule has 0 atom stereocenters. The van der Waals surface area contributed by atoms with Crippen LogP contribution in [0.4, 0.5) is 11.6 Å². The number of para-hydroxylation sites is 1. The molecule has 0 bridgehead atoms. The maximum atomic E-state index is 6.10. The molecule has 0 aliphatic carbocycles.